The van der Waals surface area contributed by atoms with E-state index in [1.54, 1.807) is 48.9 Å². The quantitative estimate of drug-likeness (QED) is 0.358. The van der Waals surface area contributed by atoms with Crippen LogP contribution < -0.4 is 9.47 Å². The molecule has 1 atom stereocenters. The van der Waals surface area contributed by atoms with Crippen LogP contribution in [0.25, 0.3) is 0 Å². The second kappa shape index (κ2) is 10.5. The fourth-order valence-corrected chi connectivity index (χ4v) is 5.71. The maximum Gasteiger partial charge on any atom is 0.335 e. The molecule has 0 saturated heterocycles. The van der Waals surface area contributed by atoms with Gasteiger partial charge in [-0.1, -0.05) is 32.9 Å². The first-order chi connectivity index (χ1) is 17.2. The lowest BCUT2D eigenvalue weighted by Gasteiger charge is -2.33. The standard InChI is InChI=1S/C29H30N2O4S/c1-29(2,3)21-9-10-22-23(15-30)27(36-26(22)14-21)31-16-18-8-11-24(25(13-18)34-4)35-17-19-6-5-7-20(12-19)28(32)33/h5-8,11-13,16,21H,9-10,14,17H2,1-4H3,(H,32,33)/t21-/m0/s1. The highest BCUT2D eigenvalue weighted by Crippen LogP contribution is 2.45. The summed E-state index contributed by atoms with van der Waals surface area (Å²) in [6.45, 7) is 7.07. The molecule has 6 nitrogen and oxygen atoms in total. The van der Waals surface area contributed by atoms with Crippen LogP contribution in [0, 0.1) is 22.7 Å². The number of ether oxygens (including phenoxy) is 2. The normalized spacial score (nSPS) is 15.4. The largest absolute Gasteiger partial charge is 0.493 e. The zero-order chi connectivity index (χ0) is 25.9. The second-order valence-corrected chi connectivity index (χ2v) is 11.1. The average Bonchev–Trinajstić information content (AvgIpc) is 3.22. The summed E-state index contributed by atoms with van der Waals surface area (Å²) in [5, 5.41) is 19.8. The maximum absolute atomic E-state index is 11.2. The minimum absolute atomic E-state index is 0.215. The van der Waals surface area contributed by atoms with E-state index in [4.69, 9.17) is 9.47 Å². The van der Waals surface area contributed by atoms with Gasteiger partial charge in [-0.3, -0.25) is 0 Å². The summed E-state index contributed by atoms with van der Waals surface area (Å²) < 4.78 is 11.4. The molecule has 3 aromatic rings. The van der Waals surface area contributed by atoms with Crippen LogP contribution >= 0.6 is 11.3 Å². The molecule has 0 amide bonds. The van der Waals surface area contributed by atoms with E-state index in [2.05, 4.69) is 31.8 Å². The van der Waals surface area contributed by atoms with Gasteiger partial charge < -0.3 is 14.6 Å². The summed E-state index contributed by atoms with van der Waals surface area (Å²) in [6.07, 6.45) is 4.79. The predicted molar refractivity (Wildman–Crippen MR) is 142 cm³/mol. The van der Waals surface area contributed by atoms with E-state index in [-0.39, 0.29) is 17.6 Å². The van der Waals surface area contributed by atoms with Crippen molar-refractivity contribution in [2.45, 2.75) is 46.6 Å². The van der Waals surface area contributed by atoms with Crippen LogP contribution in [0.15, 0.2) is 47.5 Å². The first kappa shape index (κ1) is 25.5. The Morgan fingerprint density at radius 2 is 2.06 bits per heavy atom. The highest BCUT2D eigenvalue weighted by atomic mass is 32.1. The minimum Gasteiger partial charge on any atom is -0.493 e. The van der Waals surface area contributed by atoms with Gasteiger partial charge in [-0.2, -0.15) is 5.26 Å². The predicted octanol–water partition coefficient (Wildman–Crippen LogP) is 6.81. The summed E-state index contributed by atoms with van der Waals surface area (Å²) in [5.41, 5.74) is 3.92. The summed E-state index contributed by atoms with van der Waals surface area (Å²) in [6, 6.07) is 14.6. The van der Waals surface area contributed by atoms with Crippen molar-refractivity contribution in [1.82, 2.24) is 0 Å². The van der Waals surface area contributed by atoms with E-state index >= 15 is 0 Å². The molecule has 1 aliphatic carbocycles. The first-order valence-corrected chi connectivity index (χ1v) is 12.7. The third kappa shape index (κ3) is 5.60. The summed E-state index contributed by atoms with van der Waals surface area (Å²) in [7, 11) is 1.57. The molecule has 0 fully saturated rings. The highest BCUT2D eigenvalue weighted by Gasteiger charge is 2.32. The number of carbonyl (C=O) groups is 1. The van der Waals surface area contributed by atoms with Crippen LogP contribution in [0.4, 0.5) is 5.00 Å². The van der Waals surface area contributed by atoms with Crippen molar-refractivity contribution < 1.29 is 19.4 Å². The summed E-state index contributed by atoms with van der Waals surface area (Å²) in [5.74, 6) is 0.730. The number of rotatable bonds is 7. The number of carboxylic acid groups (broad SMARTS) is 1. The van der Waals surface area contributed by atoms with Crippen LogP contribution in [0.3, 0.4) is 0 Å². The monoisotopic (exact) mass is 502 g/mol. The first-order valence-electron chi connectivity index (χ1n) is 11.9. The number of fused-ring (bicyclic) bond motifs is 1. The molecule has 2 aromatic carbocycles. The number of hydrogen-bond acceptors (Lipinski definition) is 6. The van der Waals surface area contributed by atoms with E-state index in [1.165, 1.54) is 10.4 Å². The number of hydrogen-bond donors (Lipinski definition) is 1. The van der Waals surface area contributed by atoms with Crippen molar-refractivity contribution >= 4 is 28.5 Å². The molecule has 0 saturated carbocycles. The van der Waals surface area contributed by atoms with Gasteiger partial charge in [0.25, 0.3) is 0 Å². The zero-order valence-electron chi connectivity index (χ0n) is 21.0. The van der Waals surface area contributed by atoms with Gasteiger partial charge in [0.05, 0.1) is 18.2 Å². The third-order valence-corrected chi connectivity index (χ3v) is 7.83. The number of carboxylic acids is 1. The topological polar surface area (TPSA) is 91.9 Å². The highest BCUT2D eigenvalue weighted by molar-refractivity contribution is 7.16. The van der Waals surface area contributed by atoms with Gasteiger partial charge in [0.2, 0.25) is 0 Å². The number of aromatic carboxylic acids is 1. The van der Waals surface area contributed by atoms with Crippen molar-refractivity contribution in [2.24, 2.45) is 16.3 Å². The van der Waals surface area contributed by atoms with Crippen LogP contribution in [0.1, 0.15) is 64.7 Å². The van der Waals surface area contributed by atoms with Crippen LogP contribution in [0.2, 0.25) is 0 Å². The Hall–Kier alpha value is -3.63. The lowest BCUT2D eigenvalue weighted by Crippen LogP contribution is -2.26. The fourth-order valence-electron chi connectivity index (χ4n) is 4.49. The maximum atomic E-state index is 11.2. The fraction of sp³-hybridized carbons (Fsp3) is 0.345. The van der Waals surface area contributed by atoms with Crippen molar-refractivity contribution in [3.63, 3.8) is 0 Å². The molecule has 0 radical (unpaired) electrons. The smallest absolute Gasteiger partial charge is 0.335 e. The molecular formula is C29H30N2O4S. The molecular weight excluding hydrogens is 472 g/mol. The number of nitrogens with zero attached hydrogens (tertiary/aromatic N) is 2. The lowest BCUT2D eigenvalue weighted by molar-refractivity contribution is 0.0696. The van der Waals surface area contributed by atoms with E-state index < -0.39 is 5.97 Å². The number of benzene rings is 2. The number of thiophene rings is 1. The number of methoxy groups -OCH3 is 1. The van der Waals surface area contributed by atoms with Crippen LogP contribution in [-0.4, -0.2) is 24.4 Å². The zero-order valence-corrected chi connectivity index (χ0v) is 21.8. The van der Waals surface area contributed by atoms with Gasteiger partial charge in [0.1, 0.15) is 17.7 Å². The van der Waals surface area contributed by atoms with Crippen LogP contribution in [-0.2, 0) is 19.4 Å². The van der Waals surface area contributed by atoms with Gasteiger partial charge in [-0.15, -0.1) is 11.3 Å². The number of aliphatic imine (C=N–C) groups is 1. The van der Waals surface area contributed by atoms with Crippen molar-refractivity contribution in [1.29, 1.82) is 5.26 Å². The average molecular weight is 503 g/mol. The van der Waals surface area contributed by atoms with E-state index in [0.29, 0.717) is 23.0 Å². The van der Waals surface area contributed by atoms with Crippen molar-refractivity contribution in [2.75, 3.05) is 7.11 Å². The van der Waals surface area contributed by atoms with Gasteiger partial charge >= 0.3 is 5.97 Å². The SMILES string of the molecule is COc1cc(C=Nc2sc3c(c2C#N)CC[C@H](C(C)(C)C)C3)ccc1OCc1cccc(C(=O)O)c1. The molecule has 4 rings (SSSR count). The van der Waals surface area contributed by atoms with Gasteiger partial charge in [-0.25, -0.2) is 9.79 Å². The molecule has 186 valence electrons. The summed E-state index contributed by atoms with van der Waals surface area (Å²) in [4.78, 5) is 17.2. The second-order valence-electron chi connectivity index (χ2n) is 10.1. The van der Waals surface area contributed by atoms with Gasteiger partial charge in [0, 0.05) is 11.1 Å². The molecule has 7 heteroatoms. The lowest BCUT2D eigenvalue weighted by atomic mass is 9.72. The molecule has 0 spiro atoms. The third-order valence-electron chi connectivity index (χ3n) is 6.67. The van der Waals surface area contributed by atoms with Gasteiger partial charge in [-0.05, 0) is 77.6 Å². The molecule has 0 bridgehead atoms. The Bertz CT molecular complexity index is 1340. The molecule has 0 aliphatic heterocycles. The Labute approximate surface area is 215 Å². The molecule has 1 heterocycles. The van der Waals surface area contributed by atoms with E-state index in [0.717, 1.165) is 35.4 Å². The molecule has 36 heavy (non-hydrogen) atoms. The van der Waals surface area contributed by atoms with Crippen molar-refractivity contribution in [3.05, 3.63) is 75.2 Å². The molecule has 1 aliphatic rings. The Morgan fingerprint density at radius 3 is 2.75 bits per heavy atom. The van der Waals surface area contributed by atoms with Crippen LogP contribution in [0.5, 0.6) is 11.5 Å². The summed E-state index contributed by atoms with van der Waals surface area (Å²) >= 11 is 1.63. The van der Waals surface area contributed by atoms with E-state index in [1.807, 2.05) is 18.2 Å². The van der Waals surface area contributed by atoms with Gasteiger partial charge in [0.15, 0.2) is 11.5 Å². The molecule has 1 N–H and O–H groups in total. The van der Waals surface area contributed by atoms with E-state index in [9.17, 15) is 15.2 Å². The Kier molecular flexibility index (Phi) is 7.46. The molecule has 1 aromatic heterocycles. The Morgan fingerprint density at radius 1 is 1.25 bits per heavy atom. The number of nitriles is 1. The minimum atomic E-state index is -0.974. The molecule has 0 unspecified atom stereocenters. The Balaban J connectivity index is 1.51. The van der Waals surface area contributed by atoms with Crippen molar-refractivity contribution in [3.8, 4) is 17.6 Å².